The fourth-order valence-electron chi connectivity index (χ4n) is 15.3. The molecular weight excluding hydrogens is 1610 g/mol. The highest BCUT2D eigenvalue weighted by Crippen LogP contribution is 2.36. The van der Waals surface area contributed by atoms with Gasteiger partial charge in [0.15, 0.2) is 0 Å². The molecule has 0 aliphatic carbocycles. The van der Waals surface area contributed by atoms with Crippen LogP contribution < -0.4 is 41.4 Å². The van der Waals surface area contributed by atoms with Gasteiger partial charge in [-0.05, 0) is 147 Å². The minimum atomic E-state index is -1.59. The summed E-state index contributed by atoms with van der Waals surface area (Å²) in [6.07, 6.45) is 1.01. The van der Waals surface area contributed by atoms with E-state index in [4.69, 9.17) is 23.7 Å². The number of esters is 1. The summed E-state index contributed by atoms with van der Waals surface area (Å²) in [6, 6.07) is 23.4. The number of fused-ring (bicyclic) bond motifs is 2. The Morgan fingerprint density at radius 2 is 0.872 bits per heavy atom. The van der Waals surface area contributed by atoms with Gasteiger partial charge in [-0.15, -0.1) is 10.2 Å². The highest BCUT2D eigenvalue weighted by molar-refractivity contribution is 5.99. The van der Waals surface area contributed by atoms with Gasteiger partial charge in [-0.3, -0.25) is 48.2 Å². The molecule has 10 amide bonds. The maximum absolute atomic E-state index is 15.9. The number of nitrogens with zero attached hydrogens (tertiary/aromatic N) is 10. The zero-order valence-electron chi connectivity index (χ0n) is 73.7. The number of methoxy groups -OCH3 is 1. The lowest BCUT2D eigenvalue weighted by Gasteiger charge is -2.37. The maximum Gasteiger partial charge on any atom is 0.410 e. The SMILES string of the molecule is COC(=O)[C@@H]1Cc2ccc(cc2)OCc2cn(nn2)[C@@H]2CCN(C(=O)[C@@H](NC(=O)[C@H](C)N(C)C(=O)OC(C)(C)C)C(C)(C)C)[C@@H]2C(=O)N[C@@H](Cc2ccc3ccccc3c2)C(=O)N[C@H](C(=O)O)Cc2ccc(cc2)OCc2cn(nn2)[C@@H]2CCN(C(=O)[C@@H](NC(=O)[C@H](C)N(C)C(=O)OC(C)(C)C)C(C)(C)C)[C@@H]2C(=O)N[C@@H](Cc2ccc3ccccc3c2)C(=O)N1. The molecule has 0 saturated carbocycles. The Balaban J connectivity index is 0.944. The molecule has 6 aliphatic rings. The van der Waals surface area contributed by atoms with Crippen LogP contribution in [0, 0.1) is 10.8 Å². The number of carboxylic acids is 1. The van der Waals surface area contributed by atoms with E-state index in [0.717, 1.165) is 31.3 Å². The molecule has 0 spiro atoms. The largest absolute Gasteiger partial charge is 0.487 e. The van der Waals surface area contributed by atoms with Crippen LogP contribution in [0.1, 0.15) is 155 Å². The van der Waals surface area contributed by atoms with Gasteiger partial charge >= 0.3 is 24.1 Å². The first-order valence-electron chi connectivity index (χ1n) is 41.8. The number of aromatic nitrogens is 6. The first-order chi connectivity index (χ1) is 58.9. The first-order valence-corrected chi connectivity index (χ1v) is 41.8. The zero-order chi connectivity index (χ0) is 90.9. The molecule has 2 aromatic heterocycles. The van der Waals surface area contributed by atoms with Crippen LogP contribution in [0.3, 0.4) is 0 Å². The lowest BCUT2D eigenvalue weighted by molar-refractivity contribution is -0.146. The van der Waals surface area contributed by atoms with Gasteiger partial charge in [0.05, 0.1) is 31.6 Å². The molecule has 8 heterocycles. The molecule has 8 aromatic rings. The Bertz CT molecular complexity index is 5300. The van der Waals surface area contributed by atoms with E-state index in [2.05, 4.69) is 52.5 Å². The predicted octanol–water partition coefficient (Wildman–Crippen LogP) is 7.67. The topological polar surface area (TPSA) is 418 Å². The van der Waals surface area contributed by atoms with Gasteiger partial charge in [-0.1, -0.05) is 161 Å². The maximum atomic E-state index is 15.9. The molecule has 8 bridgehead atoms. The number of carbonyl (C=O) groups is 12. The number of likely N-dealkylation sites (tertiary alicyclic amines) is 2. The summed E-state index contributed by atoms with van der Waals surface area (Å²) in [5.74, 6) is -7.70. The fourth-order valence-corrected chi connectivity index (χ4v) is 15.3. The summed E-state index contributed by atoms with van der Waals surface area (Å²) in [5.41, 5.74) is -1.15. The fraction of sp³-hybridized carbons (Fsp3) is 0.473. The van der Waals surface area contributed by atoms with Crippen molar-refractivity contribution in [1.29, 1.82) is 0 Å². The Kier molecular flexibility index (Phi) is 28.8. The molecule has 14 rings (SSSR count). The van der Waals surface area contributed by atoms with E-state index in [-0.39, 0.29) is 76.2 Å². The van der Waals surface area contributed by atoms with Gasteiger partial charge in [0.2, 0.25) is 47.3 Å². The van der Waals surface area contributed by atoms with E-state index >= 15 is 28.8 Å². The Morgan fingerprint density at radius 1 is 0.504 bits per heavy atom. The van der Waals surface area contributed by atoms with Crippen molar-refractivity contribution >= 4 is 92.9 Å². The van der Waals surface area contributed by atoms with Crippen LogP contribution in [0.5, 0.6) is 11.5 Å². The summed E-state index contributed by atoms with van der Waals surface area (Å²) in [5, 5.41) is 49.4. The first kappa shape index (κ1) is 92.7. The molecule has 6 aliphatic heterocycles. The van der Waals surface area contributed by atoms with Crippen molar-refractivity contribution in [2.24, 2.45) is 10.8 Å². The smallest absolute Gasteiger partial charge is 0.410 e. The van der Waals surface area contributed by atoms with Gasteiger partial charge in [0, 0.05) is 52.9 Å². The Hall–Kier alpha value is -13.0. The minimum Gasteiger partial charge on any atom is -0.487 e. The second-order valence-electron chi connectivity index (χ2n) is 36.3. The lowest BCUT2D eigenvalue weighted by Crippen LogP contribution is -2.62. The van der Waals surface area contributed by atoms with E-state index < -0.39 is 166 Å². The van der Waals surface area contributed by atoms with Gasteiger partial charge < -0.3 is 70.5 Å². The molecule has 34 nitrogen and oxygen atoms in total. The number of nitrogens with one attached hydrogen (secondary N) is 6. The van der Waals surface area contributed by atoms with E-state index in [1.807, 2.05) is 78.9 Å². The van der Waals surface area contributed by atoms with Gasteiger partial charge in [-0.2, -0.15) is 0 Å². The Labute approximate surface area is 725 Å². The summed E-state index contributed by atoms with van der Waals surface area (Å²) in [7, 11) is 3.97. The number of ether oxygens (including phenoxy) is 5. The van der Waals surface area contributed by atoms with Crippen LogP contribution in [-0.2, 0) is 101 Å². The van der Waals surface area contributed by atoms with E-state index in [1.54, 1.807) is 150 Å². The van der Waals surface area contributed by atoms with Crippen LogP contribution in [0.2, 0.25) is 0 Å². The van der Waals surface area contributed by atoms with Crippen LogP contribution in [0.4, 0.5) is 9.59 Å². The van der Waals surface area contributed by atoms with Crippen LogP contribution in [0.25, 0.3) is 21.5 Å². The van der Waals surface area contributed by atoms with Crippen molar-refractivity contribution < 1.29 is 86.3 Å². The van der Waals surface area contributed by atoms with E-state index in [0.29, 0.717) is 33.8 Å². The van der Waals surface area contributed by atoms with E-state index in [1.165, 1.54) is 54.2 Å². The molecule has 666 valence electrons. The van der Waals surface area contributed by atoms with Crippen LogP contribution >= 0.6 is 0 Å². The number of aliphatic carboxylic acids is 1. The van der Waals surface area contributed by atoms with Crippen molar-refractivity contribution in [3.05, 3.63) is 179 Å². The normalized spacial score (nSPS) is 20.6. The van der Waals surface area contributed by atoms with Crippen molar-refractivity contribution in [3.8, 4) is 11.5 Å². The van der Waals surface area contributed by atoms with Crippen molar-refractivity contribution in [3.63, 3.8) is 0 Å². The van der Waals surface area contributed by atoms with Crippen LogP contribution in [0.15, 0.2) is 146 Å². The molecule has 0 radical (unpaired) electrons. The van der Waals surface area contributed by atoms with Crippen molar-refractivity contribution in [1.82, 2.24) is 81.5 Å². The number of rotatable bonds is 14. The second-order valence-corrected chi connectivity index (χ2v) is 36.3. The molecule has 0 unspecified atom stereocenters. The number of carbonyl (C=O) groups excluding carboxylic acids is 11. The zero-order valence-corrected chi connectivity index (χ0v) is 73.7. The molecule has 12 atom stereocenters. The lowest BCUT2D eigenvalue weighted by atomic mass is 9.85. The van der Waals surface area contributed by atoms with Gasteiger partial charge in [0.25, 0.3) is 0 Å². The molecular formula is C91H114N16O18. The molecule has 34 heteroatoms. The summed E-state index contributed by atoms with van der Waals surface area (Å²) in [6.45, 7) is 22.9. The second kappa shape index (κ2) is 38.8. The van der Waals surface area contributed by atoms with Crippen LogP contribution in [-0.4, -0.2) is 232 Å². The number of likely N-dealkylation sites (N-methyl/N-ethyl adjacent to an activating group) is 2. The molecule has 6 aromatic carbocycles. The number of hydrogen-bond donors (Lipinski definition) is 7. The average Bonchev–Trinajstić information content (AvgIpc) is 1.64. The van der Waals surface area contributed by atoms with Gasteiger partial charge in [0.1, 0.15) is 108 Å². The van der Waals surface area contributed by atoms with Gasteiger partial charge in [-0.25, -0.2) is 28.5 Å². The molecule has 2 fully saturated rings. The third-order valence-electron chi connectivity index (χ3n) is 22.4. The average molecular weight is 1720 g/mol. The van der Waals surface area contributed by atoms with E-state index in [9.17, 15) is 33.9 Å². The minimum absolute atomic E-state index is 0.0750. The third kappa shape index (κ3) is 23.5. The Morgan fingerprint density at radius 3 is 1.23 bits per heavy atom. The highest BCUT2D eigenvalue weighted by atomic mass is 16.6. The quantitative estimate of drug-likeness (QED) is 0.0405. The highest BCUT2D eigenvalue weighted by Gasteiger charge is 2.51. The molecule has 7 N–H and O–H groups in total. The molecule has 2 saturated heterocycles. The summed E-state index contributed by atoms with van der Waals surface area (Å²) >= 11 is 0. The number of carboxylic acid groups (broad SMARTS) is 1. The summed E-state index contributed by atoms with van der Waals surface area (Å²) < 4.78 is 31.8. The standard InChI is InChI=1S/C91H114N16O18/c1-52(102(15)86(119)124-90(9,10)11)76(108)96-74(88(3,4)5)82(114)104-40-38-70-72(104)80(112)92-66(46-56-26-32-58-22-18-20-24-60(58)42-56)78(110)94-68(84(116)117)44-54-28-34-64(35-29-54)122-50-62-48-107(101-98-62)71-39-41-105(83(115)75(89(6,7)8)97-77(109)53(2)103(16)87(120)125-91(12,13)14)73(71)81(113)93-67(47-57-27-33-59-23-19-21-25-61(59)43-57)79(111)95-69(85(118)121-17)45-55-30-36-65(37-31-55)123-51-63-49-106(70)100-99-63/h18-37,42-43,48-49,52-53,66-75H,38-41,44-47,50-51H2,1-17H3,(H,92,112)(H,93,113)(H,94,110)(H,95,111)(H,96,108)(H,97,109)(H,116,117)/t52-,53-,66-,67-,68-,69-,70+,71+,72-,73-,74+,75+/m0/s1. The predicted molar refractivity (Wildman–Crippen MR) is 460 cm³/mol. The summed E-state index contributed by atoms with van der Waals surface area (Å²) in [4.78, 5) is 181. The molecule has 125 heavy (non-hydrogen) atoms. The number of hydrogen-bond acceptors (Lipinski definition) is 21. The monoisotopic (exact) mass is 1720 g/mol. The number of benzene rings is 6. The third-order valence-corrected chi connectivity index (χ3v) is 22.4. The van der Waals surface area contributed by atoms with Crippen molar-refractivity contribution in [2.75, 3.05) is 34.3 Å². The van der Waals surface area contributed by atoms with Crippen molar-refractivity contribution in [2.45, 2.75) is 232 Å². The number of amides is 10.